The average Bonchev–Trinajstić information content (AvgIpc) is 2.58. The Hall–Kier alpha value is -2.95. The van der Waals surface area contributed by atoms with E-state index < -0.39 is 0 Å². The molecule has 0 aliphatic carbocycles. The number of methoxy groups -OCH3 is 3. The molecule has 0 radical (unpaired) electrons. The summed E-state index contributed by atoms with van der Waals surface area (Å²) >= 11 is 0. The van der Waals surface area contributed by atoms with Gasteiger partial charge in [0.15, 0.2) is 29.3 Å². The van der Waals surface area contributed by atoms with Crippen LogP contribution in [-0.4, -0.2) is 32.7 Å². The van der Waals surface area contributed by atoms with Gasteiger partial charge in [-0.25, -0.2) is 0 Å². The van der Waals surface area contributed by atoms with Crippen molar-refractivity contribution in [2.24, 2.45) is 0 Å². The fourth-order valence-corrected chi connectivity index (χ4v) is 2.20. The van der Waals surface area contributed by atoms with Crippen LogP contribution in [0.4, 0.5) is 0 Å². The number of hydrogen-bond acceptors (Lipinski definition) is 5. The highest BCUT2D eigenvalue weighted by molar-refractivity contribution is 5.84. The standard InChI is InChI=1S/C18H18O5/c1-21-16-7-6-12(9-15(16)20)4-5-13-8-14(11-19)18(23-3)17(10-13)22-2/h4-11,20H,1-3H3/b5-4-. The van der Waals surface area contributed by atoms with E-state index in [4.69, 9.17) is 14.2 Å². The van der Waals surface area contributed by atoms with E-state index in [0.29, 0.717) is 22.8 Å². The molecule has 5 heteroatoms. The van der Waals surface area contributed by atoms with Crippen LogP contribution in [0.5, 0.6) is 23.0 Å². The summed E-state index contributed by atoms with van der Waals surface area (Å²) in [7, 11) is 4.50. The van der Waals surface area contributed by atoms with Crippen LogP contribution >= 0.6 is 0 Å². The maximum Gasteiger partial charge on any atom is 0.171 e. The number of benzene rings is 2. The minimum Gasteiger partial charge on any atom is -0.504 e. The summed E-state index contributed by atoms with van der Waals surface area (Å²) < 4.78 is 15.4. The molecule has 0 aromatic heterocycles. The molecule has 1 N–H and O–H groups in total. The predicted molar refractivity (Wildman–Crippen MR) is 88.5 cm³/mol. The number of hydrogen-bond donors (Lipinski definition) is 1. The van der Waals surface area contributed by atoms with E-state index in [9.17, 15) is 9.90 Å². The summed E-state index contributed by atoms with van der Waals surface area (Å²) in [6.45, 7) is 0. The predicted octanol–water partition coefficient (Wildman–Crippen LogP) is 3.40. The minimum atomic E-state index is 0.0653. The van der Waals surface area contributed by atoms with Crippen LogP contribution in [-0.2, 0) is 0 Å². The quantitative estimate of drug-likeness (QED) is 0.654. The Labute approximate surface area is 134 Å². The molecule has 2 aromatic carbocycles. The third kappa shape index (κ3) is 3.63. The van der Waals surface area contributed by atoms with Crippen LogP contribution in [0.15, 0.2) is 30.3 Å². The molecule has 0 saturated heterocycles. The topological polar surface area (TPSA) is 65.0 Å². The average molecular weight is 314 g/mol. The van der Waals surface area contributed by atoms with E-state index >= 15 is 0 Å². The molecule has 0 bridgehead atoms. The van der Waals surface area contributed by atoms with Gasteiger partial charge in [-0.2, -0.15) is 0 Å². The zero-order chi connectivity index (χ0) is 16.8. The summed E-state index contributed by atoms with van der Waals surface area (Å²) in [5, 5.41) is 9.78. The molecular formula is C18H18O5. The maximum atomic E-state index is 11.2. The SMILES string of the molecule is COc1ccc(/C=C\c2cc(C=O)c(OC)c(OC)c2)cc1O. The van der Waals surface area contributed by atoms with Crippen molar-refractivity contribution in [2.45, 2.75) is 0 Å². The zero-order valence-corrected chi connectivity index (χ0v) is 13.2. The van der Waals surface area contributed by atoms with E-state index in [-0.39, 0.29) is 5.75 Å². The lowest BCUT2D eigenvalue weighted by atomic mass is 10.1. The lowest BCUT2D eigenvalue weighted by Crippen LogP contribution is -1.96. The van der Waals surface area contributed by atoms with Crippen LogP contribution in [0.2, 0.25) is 0 Å². The lowest BCUT2D eigenvalue weighted by molar-refractivity contribution is 0.112. The van der Waals surface area contributed by atoms with Gasteiger partial charge in [-0.05, 0) is 35.4 Å². The Morgan fingerprint density at radius 2 is 1.57 bits per heavy atom. The molecule has 0 atom stereocenters. The van der Waals surface area contributed by atoms with Crippen molar-refractivity contribution in [1.29, 1.82) is 0 Å². The molecular weight excluding hydrogens is 296 g/mol. The second-order valence-corrected chi connectivity index (χ2v) is 4.73. The van der Waals surface area contributed by atoms with Crippen molar-refractivity contribution in [3.63, 3.8) is 0 Å². The second-order valence-electron chi connectivity index (χ2n) is 4.73. The van der Waals surface area contributed by atoms with Gasteiger partial charge in [0.1, 0.15) is 0 Å². The van der Waals surface area contributed by atoms with Gasteiger partial charge in [0.25, 0.3) is 0 Å². The molecule has 23 heavy (non-hydrogen) atoms. The van der Waals surface area contributed by atoms with Gasteiger partial charge in [-0.15, -0.1) is 0 Å². The van der Waals surface area contributed by atoms with Crippen molar-refractivity contribution in [3.8, 4) is 23.0 Å². The number of aldehydes is 1. The van der Waals surface area contributed by atoms with Gasteiger partial charge < -0.3 is 19.3 Å². The van der Waals surface area contributed by atoms with Gasteiger partial charge in [-0.1, -0.05) is 18.2 Å². The van der Waals surface area contributed by atoms with Crippen molar-refractivity contribution < 1.29 is 24.1 Å². The van der Waals surface area contributed by atoms with E-state index in [0.717, 1.165) is 17.4 Å². The maximum absolute atomic E-state index is 11.2. The summed E-state index contributed by atoms with van der Waals surface area (Å²) in [6, 6.07) is 8.56. The van der Waals surface area contributed by atoms with Crippen LogP contribution in [0.3, 0.4) is 0 Å². The number of aromatic hydroxyl groups is 1. The first-order valence-corrected chi connectivity index (χ1v) is 6.89. The fraction of sp³-hybridized carbons (Fsp3) is 0.167. The van der Waals surface area contributed by atoms with Crippen LogP contribution in [0.1, 0.15) is 21.5 Å². The smallest absolute Gasteiger partial charge is 0.171 e. The Morgan fingerprint density at radius 1 is 0.870 bits per heavy atom. The number of carbonyl (C=O) groups excluding carboxylic acids is 1. The molecule has 2 aromatic rings. The number of phenolic OH excluding ortho intramolecular Hbond substituents is 1. The van der Waals surface area contributed by atoms with Gasteiger partial charge in [0.05, 0.1) is 26.9 Å². The molecule has 5 nitrogen and oxygen atoms in total. The molecule has 0 aliphatic rings. The third-order valence-corrected chi connectivity index (χ3v) is 3.33. The summed E-state index contributed by atoms with van der Waals surface area (Å²) in [5.41, 5.74) is 1.98. The zero-order valence-electron chi connectivity index (χ0n) is 13.2. The first-order chi connectivity index (χ1) is 11.1. The first-order valence-electron chi connectivity index (χ1n) is 6.89. The number of ether oxygens (including phenoxy) is 3. The lowest BCUT2D eigenvalue weighted by Gasteiger charge is -2.10. The molecule has 0 unspecified atom stereocenters. The van der Waals surface area contributed by atoms with E-state index in [1.807, 2.05) is 18.2 Å². The van der Waals surface area contributed by atoms with E-state index in [1.165, 1.54) is 21.3 Å². The molecule has 0 amide bonds. The van der Waals surface area contributed by atoms with Gasteiger partial charge in [0, 0.05) is 0 Å². The van der Waals surface area contributed by atoms with Crippen molar-refractivity contribution in [2.75, 3.05) is 21.3 Å². The molecule has 2 rings (SSSR count). The second kappa shape index (κ2) is 7.35. The number of phenols is 1. The summed E-state index contributed by atoms with van der Waals surface area (Å²) in [6.07, 6.45) is 4.35. The van der Waals surface area contributed by atoms with Crippen LogP contribution in [0, 0.1) is 0 Å². The summed E-state index contributed by atoms with van der Waals surface area (Å²) in [5.74, 6) is 1.36. The number of carbonyl (C=O) groups is 1. The van der Waals surface area contributed by atoms with Gasteiger partial charge in [0.2, 0.25) is 0 Å². The molecule has 0 fully saturated rings. The Morgan fingerprint density at radius 3 is 2.13 bits per heavy atom. The number of rotatable bonds is 6. The fourth-order valence-electron chi connectivity index (χ4n) is 2.20. The highest BCUT2D eigenvalue weighted by Gasteiger charge is 2.10. The highest BCUT2D eigenvalue weighted by Crippen LogP contribution is 2.32. The normalized spacial score (nSPS) is 10.6. The minimum absolute atomic E-state index is 0.0653. The van der Waals surface area contributed by atoms with Gasteiger partial charge >= 0.3 is 0 Å². The molecule has 120 valence electrons. The van der Waals surface area contributed by atoms with Crippen molar-refractivity contribution >= 4 is 18.4 Å². The first kappa shape index (κ1) is 16.4. The Bertz CT molecular complexity index is 734. The van der Waals surface area contributed by atoms with Crippen LogP contribution < -0.4 is 14.2 Å². The Kier molecular flexibility index (Phi) is 5.25. The van der Waals surface area contributed by atoms with E-state index in [2.05, 4.69) is 0 Å². The summed E-state index contributed by atoms with van der Waals surface area (Å²) in [4.78, 5) is 11.2. The van der Waals surface area contributed by atoms with Crippen molar-refractivity contribution in [1.82, 2.24) is 0 Å². The molecule has 0 heterocycles. The van der Waals surface area contributed by atoms with Gasteiger partial charge in [-0.3, -0.25) is 4.79 Å². The van der Waals surface area contributed by atoms with E-state index in [1.54, 1.807) is 24.3 Å². The molecule has 0 saturated carbocycles. The highest BCUT2D eigenvalue weighted by atomic mass is 16.5. The largest absolute Gasteiger partial charge is 0.504 e. The third-order valence-electron chi connectivity index (χ3n) is 3.33. The monoisotopic (exact) mass is 314 g/mol. The Balaban J connectivity index is 2.35. The van der Waals surface area contributed by atoms with Crippen molar-refractivity contribution in [3.05, 3.63) is 47.0 Å². The molecule has 0 spiro atoms. The molecule has 0 aliphatic heterocycles. The van der Waals surface area contributed by atoms with Crippen LogP contribution in [0.25, 0.3) is 12.2 Å².